The molecule has 0 unspecified atom stereocenters. The molecule has 1 aliphatic heterocycles. The number of aryl methyl sites for hydroxylation is 1. The molecule has 2 fully saturated rings. The third-order valence-electron chi connectivity index (χ3n) is 7.57. The fraction of sp³-hybridized carbons (Fsp3) is 0.536. The highest BCUT2D eigenvalue weighted by atomic mass is 19.4. The normalized spacial score (nSPS) is 25.8. The average Bonchev–Trinajstić information content (AvgIpc) is 3.29. The number of carbonyl (C=O) groups is 2. The molecule has 1 aromatic carbocycles. The molecule has 0 bridgehead atoms. The zero-order valence-electron chi connectivity index (χ0n) is 22.1. The summed E-state index contributed by atoms with van der Waals surface area (Å²) in [5.74, 6) is -1.21. The van der Waals surface area contributed by atoms with Crippen LogP contribution in [0, 0.1) is 6.92 Å². The van der Waals surface area contributed by atoms with Gasteiger partial charge in [0.25, 0.3) is 5.91 Å². The van der Waals surface area contributed by atoms with Crippen molar-refractivity contribution in [2.75, 3.05) is 26.2 Å². The number of aromatic nitrogens is 1. The van der Waals surface area contributed by atoms with Crippen LogP contribution in [0.5, 0.6) is 0 Å². The second-order valence-electron chi connectivity index (χ2n) is 10.4. The number of benzene rings is 1. The van der Waals surface area contributed by atoms with Crippen LogP contribution >= 0.6 is 0 Å². The van der Waals surface area contributed by atoms with Crippen molar-refractivity contribution in [2.45, 2.75) is 69.5 Å². The summed E-state index contributed by atoms with van der Waals surface area (Å²) in [4.78, 5) is 31.7. The van der Waals surface area contributed by atoms with Crippen molar-refractivity contribution in [3.8, 4) is 0 Å². The summed E-state index contributed by atoms with van der Waals surface area (Å²) < 4.78 is 44.7. The molecule has 2 aliphatic rings. The zero-order chi connectivity index (χ0) is 28.2. The van der Waals surface area contributed by atoms with Crippen molar-refractivity contribution >= 4 is 11.8 Å². The van der Waals surface area contributed by atoms with Crippen LogP contribution in [-0.4, -0.2) is 71.2 Å². The SMILES string of the molecule is CCO[C@H]1CN(C2CCC(O)(c3cc(C)ccn3)CC2)C[C@@H]1NC(=O)CNC(=O)c1cccc(C(F)(F)F)c1. The molecule has 0 spiro atoms. The van der Waals surface area contributed by atoms with E-state index in [0.717, 1.165) is 36.6 Å². The predicted octanol–water partition coefficient (Wildman–Crippen LogP) is 3.17. The van der Waals surface area contributed by atoms with E-state index < -0.39 is 29.2 Å². The smallest absolute Gasteiger partial charge is 0.384 e. The zero-order valence-corrected chi connectivity index (χ0v) is 22.1. The maximum atomic E-state index is 12.9. The number of pyridine rings is 1. The highest BCUT2D eigenvalue weighted by Gasteiger charge is 2.42. The van der Waals surface area contributed by atoms with Gasteiger partial charge in [-0.25, -0.2) is 0 Å². The van der Waals surface area contributed by atoms with Crippen LogP contribution < -0.4 is 10.6 Å². The van der Waals surface area contributed by atoms with Gasteiger partial charge in [-0.05, 0) is 75.4 Å². The van der Waals surface area contributed by atoms with Crippen LogP contribution in [0.3, 0.4) is 0 Å². The molecular formula is C28H35F3N4O4. The summed E-state index contributed by atoms with van der Waals surface area (Å²) in [7, 11) is 0. The number of carbonyl (C=O) groups excluding carboxylic acids is 2. The van der Waals surface area contributed by atoms with E-state index in [1.807, 2.05) is 26.0 Å². The van der Waals surface area contributed by atoms with E-state index in [9.17, 15) is 27.9 Å². The van der Waals surface area contributed by atoms with E-state index in [1.54, 1.807) is 6.20 Å². The molecule has 2 heterocycles. The molecule has 2 aromatic rings. The molecule has 1 saturated carbocycles. The minimum absolute atomic E-state index is 0.171. The summed E-state index contributed by atoms with van der Waals surface area (Å²) in [5, 5.41) is 16.5. The van der Waals surface area contributed by atoms with Gasteiger partial charge in [0.05, 0.1) is 29.9 Å². The van der Waals surface area contributed by atoms with Gasteiger partial charge < -0.3 is 20.5 Å². The first-order chi connectivity index (χ1) is 18.5. The fourth-order valence-electron chi connectivity index (χ4n) is 5.47. The van der Waals surface area contributed by atoms with Crippen molar-refractivity contribution in [2.24, 2.45) is 0 Å². The second-order valence-corrected chi connectivity index (χ2v) is 10.4. The van der Waals surface area contributed by atoms with E-state index in [2.05, 4.69) is 20.5 Å². The van der Waals surface area contributed by atoms with Gasteiger partial charge in [0, 0.05) is 37.5 Å². The predicted molar refractivity (Wildman–Crippen MR) is 138 cm³/mol. The molecule has 8 nitrogen and oxygen atoms in total. The molecule has 0 radical (unpaired) electrons. The minimum Gasteiger partial charge on any atom is -0.384 e. The van der Waals surface area contributed by atoms with Gasteiger partial charge in [0.2, 0.25) is 5.91 Å². The Labute approximate surface area is 225 Å². The molecule has 1 saturated heterocycles. The Balaban J connectivity index is 1.30. The first-order valence-corrected chi connectivity index (χ1v) is 13.2. The lowest BCUT2D eigenvalue weighted by atomic mass is 9.79. The monoisotopic (exact) mass is 548 g/mol. The standard InChI is InChI=1S/C28H35F3N4O4/c1-3-39-23-17-35(21-7-10-27(38,11-8-21)24-13-18(2)9-12-32-24)16-22(23)34-25(36)15-33-26(37)19-5-4-6-20(14-19)28(29,30)31/h4-6,9,12-14,21-23,38H,3,7-8,10-11,15-17H2,1-2H3,(H,33,37)(H,34,36)/t21?,22-,23-,27?/m0/s1. The third-order valence-corrected chi connectivity index (χ3v) is 7.57. The summed E-state index contributed by atoms with van der Waals surface area (Å²) in [5.41, 5.74) is -0.296. The van der Waals surface area contributed by atoms with E-state index in [-0.39, 0.29) is 30.3 Å². The molecule has 1 aromatic heterocycles. The van der Waals surface area contributed by atoms with Crippen LogP contribution in [0.1, 0.15) is 59.8 Å². The first kappa shape index (κ1) is 29.0. The highest BCUT2D eigenvalue weighted by molar-refractivity contribution is 5.96. The van der Waals surface area contributed by atoms with Gasteiger partial charge in [0.15, 0.2) is 0 Å². The summed E-state index contributed by atoms with van der Waals surface area (Å²) >= 11 is 0. The molecular weight excluding hydrogens is 513 g/mol. The van der Waals surface area contributed by atoms with Crippen molar-refractivity contribution in [1.29, 1.82) is 0 Å². The van der Waals surface area contributed by atoms with Crippen molar-refractivity contribution in [3.63, 3.8) is 0 Å². The van der Waals surface area contributed by atoms with Crippen molar-refractivity contribution < 1.29 is 32.6 Å². The van der Waals surface area contributed by atoms with Gasteiger partial charge in [0.1, 0.15) is 5.60 Å². The van der Waals surface area contributed by atoms with Crippen LogP contribution in [0.15, 0.2) is 42.6 Å². The maximum Gasteiger partial charge on any atom is 0.416 e. The lowest BCUT2D eigenvalue weighted by molar-refractivity contribution is -0.137. The van der Waals surface area contributed by atoms with Gasteiger partial charge >= 0.3 is 6.18 Å². The van der Waals surface area contributed by atoms with E-state index >= 15 is 0 Å². The third kappa shape index (κ3) is 7.14. The van der Waals surface area contributed by atoms with E-state index in [1.165, 1.54) is 6.07 Å². The molecule has 3 N–H and O–H groups in total. The van der Waals surface area contributed by atoms with E-state index in [0.29, 0.717) is 38.2 Å². The molecule has 1 aliphatic carbocycles. The average molecular weight is 549 g/mol. The Morgan fingerprint density at radius 1 is 1.18 bits per heavy atom. The number of aliphatic hydroxyl groups is 1. The van der Waals surface area contributed by atoms with Gasteiger partial charge in [-0.2, -0.15) is 13.2 Å². The number of nitrogens with one attached hydrogen (secondary N) is 2. The molecule has 11 heteroatoms. The quantitative estimate of drug-likeness (QED) is 0.468. The van der Waals surface area contributed by atoms with Gasteiger partial charge in [-0.3, -0.25) is 19.5 Å². The van der Waals surface area contributed by atoms with Crippen LogP contribution in [0.4, 0.5) is 13.2 Å². The number of rotatable bonds is 8. The van der Waals surface area contributed by atoms with E-state index in [4.69, 9.17) is 4.74 Å². The van der Waals surface area contributed by atoms with Crippen LogP contribution in [0.2, 0.25) is 0 Å². The lowest BCUT2D eigenvalue weighted by Crippen LogP contribution is -2.48. The summed E-state index contributed by atoms with van der Waals surface area (Å²) in [6.45, 7) is 5.14. The Hall–Kier alpha value is -3.02. The molecule has 4 rings (SSSR count). The highest BCUT2D eigenvalue weighted by Crippen LogP contribution is 2.39. The number of alkyl halides is 3. The Bertz CT molecular complexity index is 1170. The fourth-order valence-corrected chi connectivity index (χ4v) is 5.47. The summed E-state index contributed by atoms with van der Waals surface area (Å²) in [6, 6.07) is 7.82. The number of amides is 2. The maximum absolute atomic E-state index is 12.9. The topological polar surface area (TPSA) is 104 Å². The van der Waals surface area contributed by atoms with Crippen molar-refractivity contribution in [3.05, 3.63) is 65.0 Å². The minimum atomic E-state index is -4.56. The lowest BCUT2D eigenvalue weighted by Gasteiger charge is -2.39. The Morgan fingerprint density at radius 3 is 2.59 bits per heavy atom. The number of hydrogen-bond donors (Lipinski definition) is 3. The number of ether oxygens (including phenoxy) is 1. The second kappa shape index (κ2) is 12.0. The van der Waals surface area contributed by atoms with Gasteiger partial charge in [-0.15, -0.1) is 0 Å². The first-order valence-electron chi connectivity index (χ1n) is 13.2. The number of halogens is 3. The largest absolute Gasteiger partial charge is 0.416 e. The number of likely N-dealkylation sites (tertiary alicyclic amines) is 1. The number of nitrogens with zero attached hydrogens (tertiary/aromatic N) is 2. The van der Waals surface area contributed by atoms with Crippen LogP contribution in [0.25, 0.3) is 0 Å². The molecule has 2 atom stereocenters. The molecule has 212 valence electrons. The molecule has 39 heavy (non-hydrogen) atoms. The summed E-state index contributed by atoms with van der Waals surface area (Å²) in [6.07, 6.45) is -0.359. The van der Waals surface area contributed by atoms with Gasteiger partial charge in [-0.1, -0.05) is 6.07 Å². The van der Waals surface area contributed by atoms with Crippen LogP contribution in [-0.2, 0) is 21.3 Å². The van der Waals surface area contributed by atoms with Crippen molar-refractivity contribution in [1.82, 2.24) is 20.5 Å². The Morgan fingerprint density at radius 2 is 1.92 bits per heavy atom. The Kier molecular flexibility index (Phi) is 8.93. The molecule has 2 amide bonds. The number of hydrogen-bond acceptors (Lipinski definition) is 6.